The molecule has 4 N–H and O–H groups in total. The maximum Gasteiger partial charge on any atom is 0.255 e. The van der Waals surface area contributed by atoms with E-state index < -0.39 is 17.5 Å². The summed E-state index contributed by atoms with van der Waals surface area (Å²) in [5, 5.41) is 5.84. The number of likely N-dealkylation sites (tertiary alicyclic amines) is 1. The summed E-state index contributed by atoms with van der Waals surface area (Å²) in [7, 11) is 0. The highest BCUT2D eigenvalue weighted by molar-refractivity contribution is 6.05. The van der Waals surface area contributed by atoms with Crippen molar-refractivity contribution >= 4 is 17.5 Å². The van der Waals surface area contributed by atoms with Gasteiger partial charge in [0.2, 0.25) is 0 Å². The van der Waals surface area contributed by atoms with E-state index in [1.165, 1.54) is 12.5 Å². The molecule has 2 unspecified atom stereocenters. The number of carbonyl (C=O) groups is 2. The van der Waals surface area contributed by atoms with E-state index in [0.717, 1.165) is 69.3 Å². The summed E-state index contributed by atoms with van der Waals surface area (Å²) in [6, 6.07) is 8.16. The monoisotopic (exact) mass is 470 g/mol. The molecule has 4 rings (SSSR count). The van der Waals surface area contributed by atoms with Crippen LogP contribution in [0.15, 0.2) is 36.4 Å². The van der Waals surface area contributed by atoms with Crippen molar-refractivity contribution < 1.29 is 18.4 Å². The Balaban J connectivity index is 1.56. The zero-order valence-electron chi connectivity index (χ0n) is 19.3. The number of hydrogen-bond acceptors (Lipinski definition) is 4. The third-order valence-corrected chi connectivity index (χ3v) is 6.78. The smallest absolute Gasteiger partial charge is 0.255 e. The number of carbonyl (C=O) groups excluding carboxylic acids is 2. The number of rotatable bonds is 6. The molecule has 2 aromatic rings. The van der Waals surface area contributed by atoms with E-state index in [2.05, 4.69) is 15.5 Å². The topological polar surface area (TPSA) is 87.5 Å². The van der Waals surface area contributed by atoms with E-state index in [4.69, 9.17) is 5.73 Å². The molecule has 6 nitrogen and oxygen atoms in total. The minimum Gasteiger partial charge on any atom is -0.348 e. The van der Waals surface area contributed by atoms with Crippen LogP contribution in [0.3, 0.4) is 0 Å². The van der Waals surface area contributed by atoms with Gasteiger partial charge in [-0.2, -0.15) is 0 Å². The lowest BCUT2D eigenvalue weighted by atomic mass is 9.91. The molecule has 34 heavy (non-hydrogen) atoms. The molecule has 0 spiro atoms. The molecular formula is C26H32F2N4O2. The van der Waals surface area contributed by atoms with Crippen LogP contribution in [-0.4, -0.2) is 41.9 Å². The van der Waals surface area contributed by atoms with E-state index >= 15 is 0 Å². The second-order valence-corrected chi connectivity index (χ2v) is 9.32. The van der Waals surface area contributed by atoms with Crippen LogP contribution >= 0.6 is 0 Å². The molecule has 2 aliphatic rings. The fraction of sp³-hybridized carbons (Fsp3) is 0.462. The molecule has 182 valence electrons. The van der Waals surface area contributed by atoms with Crippen LogP contribution in [-0.2, 0) is 6.54 Å². The van der Waals surface area contributed by atoms with Gasteiger partial charge in [-0.15, -0.1) is 0 Å². The Morgan fingerprint density at radius 2 is 1.59 bits per heavy atom. The highest BCUT2D eigenvalue weighted by Crippen LogP contribution is 2.24. The highest BCUT2D eigenvalue weighted by atomic mass is 19.2. The number of nitrogens with one attached hydrogen (secondary N) is 2. The van der Waals surface area contributed by atoms with Gasteiger partial charge in [-0.1, -0.05) is 25.3 Å². The van der Waals surface area contributed by atoms with Crippen molar-refractivity contribution in [2.24, 2.45) is 5.73 Å². The Bertz CT molecular complexity index is 1040. The van der Waals surface area contributed by atoms with Gasteiger partial charge < -0.3 is 16.4 Å². The third kappa shape index (κ3) is 5.98. The first-order valence-corrected chi connectivity index (χ1v) is 12.1. The predicted molar refractivity (Wildman–Crippen MR) is 128 cm³/mol. The van der Waals surface area contributed by atoms with Gasteiger partial charge in [0, 0.05) is 35.4 Å². The maximum atomic E-state index is 13.7. The molecule has 2 atom stereocenters. The Morgan fingerprint density at radius 1 is 0.882 bits per heavy atom. The van der Waals surface area contributed by atoms with Gasteiger partial charge in [-0.05, 0) is 74.7 Å². The summed E-state index contributed by atoms with van der Waals surface area (Å²) in [6.07, 6.45) is 7.28. The van der Waals surface area contributed by atoms with Crippen molar-refractivity contribution in [3.8, 4) is 0 Å². The van der Waals surface area contributed by atoms with Gasteiger partial charge in [0.05, 0.1) is 0 Å². The fourth-order valence-electron chi connectivity index (χ4n) is 4.75. The highest BCUT2D eigenvalue weighted by Gasteiger charge is 2.24. The molecule has 1 aliphatic heterocycles. The zero-order valence-corrected chi connectivity index (χ0v) is 19.3. The third-order valence-electron chi connectivity index (χ3n) is 6.78. The Kier molecular flexibility index (Phi) is 7.90. The molecule has 1 heterocycles. The second kappa shape index (κ2) is 11.1. The number of anilines is 1. The summed E-state index contributed by atoms with van der Waals surface area (Å²) >= 11 is 0. The number of amides is 2. The van der Waals surface area contributed by atoms with Crippen molar-refractivity contribution in [3.63, 3.8) is 0 Å². The fourth-order valence-corrected chi connectivity index (χ4v) is 4.75. The normalized spacial score (nSPS) is 21.1. The minimum atomic E-state index is -1.09. The van der Waals surface area contributed by atoms with Gasteiger partial charge >= 0.3 is 0 Å². The summed E-state index contributed by atoms with van der Waals surface area (Å²) < 4.78 is 27.0. The standard InChI is InChI=1S/C26H32F2N4O2/c27-20-11-10-17(14-21(20)28)25(33)31-24-15-18(26(34)30-23-7-3-2-6-22(23)29)8-9-19(24)16-32-12-4-1-5-13-32/h8-11,14-15,22-23H,1-7,12-13,16,29H2,(H,30,34)(H,31,33). The Hall–Kier alpha value is -2.84. The van der Waals surface area contributed by atoms with Gasteiger partial charge in [0.1, 0.15) is 0 Å². The number of nitrogens with zero attached hydrogens (tertiary/aromatic N) is 1. The summed E-state index contributed by atoms with van der Waals surface area (Å²) in [5.74, 6) is -2.90. The van der Waals surface area contributed by atoms with E-state index in [9.17, 15) is 18.4 Å². The van der Waals surface area contributed by atoms with Crippen molar-refractivity contribution in [1.29, 1.82) is 0 Å². The van der Waals surface area contributed by atoms with Crippen LogP contribution in [0.5, 0.6) is 0 Å². The molecule has 0 bridgehead atoms. The molecule has 1 saturated carbocycles. The van der Waals surface area contributed by atoms with Crippen LogP contribution in [0.25, 0.3) is 0 Å². The minimum absolute atomic E-state index is 0.00542. The quantitative estimate of drug-likeness (QED) is 0.591. The average Bonchev–Trinajstić information content (AvgIpc) is 2.84. The van der Waals surface area contributed by atoms with Crippen molar-refractivity contribution in [2.45, 2.75) is 63.6 Å². The van der Waals surface area contributed by atoms with E-state index in [0.29, 0.717) is 17.8 Å². The van der Waals surface area contributed by atoms with Crippen LogP contribution in [0.1, 0.15) is 71.2 Å². The van der Waals surface area contributed by atoms with Crippen molar-refractivity contribution in [3.05, 3.63) is 64.7 Å². The maximum absolute atomic E-state index is 13.7. The molecule has 2 amide bonds. The van der Waals surface area contributed by atoms with Gasteiger partial charge in [-0.3, -0.25) is 14.5 Å². The van der Waals surface area contributed by atoms with Gasteiger partial charge in [0.25, 0.3) is 11.8 Å². The predicted octanol–water partition coefficient (Wildman–Crippen LogP) is 4.20. The zero-order chi connectivity index (χ0) is 24.1. The van der Waals surface area contributed by atoms with Crippen LogP contribution in [0.4, 0.5) is 14.5 Å². The number of hydrogen-bond donors (Lipinski definition) is 3. The molecule has 1 aliphatic carbocycles. The lowest BCUT2D eigenvalue weighted by molar-refractivity contribution is 0.0920. The summed E-state index contributed by atoms with van der Waals surface area (Å²) in [6.45, 7) is 2.57. The number of nitrogens with two attached hydrogens (primary N) is 1. The molecule has 2 aromatic carbocycles. The second-order valence-electron chi connectivity index (χ2n) is 9.32. The van der Waals surface area contributed by atoms with Crippen LogP contribution in [0.2, 0.25) is 0 Å². The summed E-state index contributed by atoms with van der Waals surface area (Å²) in [5.41, 5.74) is 7.96. The Morgan fingerprint density at radius 3 is 2.32 bits per heavy atom. The Labute approximate surface area is 198 Å². The lowest BCUT2D eigenvalue weighted by Crippen LogP contribution is -2.49. The number of halogens is 2. The van der Waals surface area contributed by atoms with Crippen LogP contribution < -0.4 is 16.4 Å². The van der Waals surface area contributed by atoms with Crippen molar-refractivity contribution in [2.75, 3.05) is 18.4 Å². The average molecular weight is 471 g/mol. The molecule has 8 heteroatoms. The SMILES string of the molecule is NC1CCCCC1NC(=O)c1ccc(CN2CCCCC2)c(NC(=O)c2ccc(F)c(F)c2)c1. The van der Waals surface area contributed by atoms with Gasteiger partial charge in [0.15, 0.2) is 11.6 Å². The first kappa shape index (κ1) is 24.3. The molecule has 1 saturated heterocycles. The number of benzene rings is 2. The van der Waals surface area contributed by atoms with Crippen LogP contribution in [0, 0.1) is 11.6 Å². The first-order chi connectivity index (χ1) is 16.4. The van der Waals surface area contributed by atoms with E-state index in [1.54, 1.807) is 12.1 Å². The molecule has 0 aromatic heterocycles. The summed E-state index contributed by atoms with van der Waals surface area (Å²) in [4.78, 5) is 28.1. The first-order valence-electron chi connectivity index (χ1n) is 12.1. The number of piperidine rings is 1. The molecular weight excluding hydrogens is 438 g/mol. The van der Waals surface area contributed by atoms with Crippen molar-refractivity contribution in [1.82, 2.24) is 10.2 Å². The molecule has 2 fully saturated rings. The largest absolute Gasteiger partial charge is 0.348 e. The lowest BCUT2D eigenvalue weighted by Gasteiger charge is -2.29. The van der Waals surface area contributed by atoms with Gasteiger partial charge in [-0.25, -0.2) is 8.78 Å². The van der Waals surface area contributed by atoms with E-state index in [1.807, 2.05) is 6.07 Å². The van der Waals surface area contributed by atoms with E-state index in [-0.39, 0.29) is 23.6 Å². The molecule has 0 radical (unpaired) electrons.